The summed E-state index contributed by atoms with van der Waals surface area (Å²) in [5.74, 6) is 0.255. The summed E-state index contributed by atoms with van der Waals surface area (Å²) in [4.78, 5) is 31.0. The minimum Gasteiger partial charge on any atom is -0.427 e. The van der Waals surface area contributed by atoms with Crippen LogP contribution < -0.4 is 5.63 Å². The van der Waals surface area contributed by atoms with E-state index in [4.69, 9.17) is 4.42 Å². The van der Waals surface area contributed by atoms with Crippen molar-refractivity contribution < 1.29 is 9.21 Å². The Morgan fingerprint density at radius 2 is 1.79 bits per heavy atom. The lowest BCUT2D eigenvalue weighted by Crippen LogP contribution is -2.31. The van der Waals surface area contributed by atoms with Gasteiger partial charge in [-0.15, -0.1) is 0 Å². The topological polar surface area (TPSA) is 63.4 Å². The quantitative estimate of drug-likeness (QED) is 0.658. The lowest BCUT2D eigenvalue weighted by molar-refractivity contribution is 0.0779. The van der Waals surface area contributed by atoms with Crippen LogP contribution in [0.2, 0.25) is 0 Å². The number of aromatic nitrogens is 1. The van der Waals surface area contributed by atoms with Gasteiger partial charge >= 0.3 is 5.63 Å². The maximum Gasteiger partial charge on any atom is 0.349 e. The number of aryl methyl sites for hydroxylation is 4. The Labute approximate surface area is 164 Å². The maximum atomic E-state index is 12.8. The molecule has 144 valence electrons. The Bertz CT molecular complexity index is 1030. The lowest BCUT2D eigenvalue weighted by atomic mass is 10.1. The number of hydrogen-bond acceptors (Lipinski definition) is 4. The van der Waals surface area contributed by atoms with Crippen LogP contribution in [-0.2, 0) is 19.4 Å². The molecular weight excluding hydrogens is 352 g/mol. The predicted molar refractivity (Wildman–Crippen MR) is 108 cm³/mol. The van der Waals surface area contributed by atoms with Gasteiger partial charge in [0.1, 0.15) is 11.3 Å². The molecule has 28 heavy (non-hydrogen) atoms. The largest absolute Gasteiger partial charge is 0.427 e. The number of carbonyl (C=O) groups is 1. The van der Waals surface area contributed by atoms with E-state index in [1.165, 1.54) is 10.5 Å². The summed E-state index contributed by atoms with van der Waals surface area (Å²) >= 11 is 0. The Hall–Kier alpha value is -3.21. The van der Waals surface area contributed by atoms with Gasteiger partial charge in [0.2, 0.25) is 0 Å². The number of benzene rings is 1. The summed E-state index contributed by atoms with van der Waals surface area (Å²) in [5.41, 5.74) is 3.18. The van der Waals surface area contributed by atoms with Crippen molar-refractivity contribution in [1.29, 1.82) is 0 Å². The van der Waals surface area contributed by atoms with Gasteiger partial charge in [-0.1, -0.05) is 30.3 Å². The van der Waals surface area contributed by atoms with E-state index in [-0.39, 0.29) is 11.5 Å². The molecule has 0 saturated heterocycles. The third-order valence-corrected chi connectivity index (χ3v) is 4.64. The number of nitrogens with zero attached hydrogens (tertiary/aromatic N) is 2. The van der Waals surface area contributed by atoms with Crippen LogP contribution >= 0.6 is 0 Å². The van der Waals surface area contributed by atoms with Crippen LogP contribution in [0.4, 0.5) is 0 Å². The average Bonchev–Trinajstić information content (AvgIpc) is 2.66. The van der Waals surface area contributed by atoms with Gasteiger partial charge in [0.25, 0.3) is 5.91 Å². The fourth-order valence-corrected chi connectivity index (χ4v) is 3.20. The van der Waals surface area contributed by atoms with Crippen molar-refractivity contribution in [2.75, 3.05) is 7.05 Å². The maximum absolute atomic E-state index is 12.8. The molecule has 0 saturated carbocycles. The lowest BCUT2D eigenvalue weighted by Gasteiger charge is -2.18. The highest BCUT2D eigenvalue weighted by Gasteiger charge is 2.20. The van der Waals surface area contributed by atoms with Crippen LogP contribution in [0.1, 0.15) is 38.5 Å². The molecule has 2 aromatic heterocycles. The van der Waals surface area contributed by atoms with E-state index in [2.05, 4.69) is 4.98 Å². The van der Waals surface area contributed by atoms with Gasteiger partial charge in [-0.2, -0.15) is 0 Å². The van der Waals surface area contributed by atoms with Gasteiger partial charge in [0, 0.05) is 31.9 Å². The van der Waals surface area contributed by atoms with Crippen molar-refractivity contribution in [2.45, 2.75) is 33.2 Å². The van der Waals surface area contributed by atoms with Crippen molar-refractivity contribution in [1.82, 2.24) is 9.88 Å². The van der Waals surface area contributed by atoms with Crippen LogP contribution in [0.5, 0.6) is 0 Å². The average molecular weight is 376 g/mol. The first-order valence-corrected chi connectivity index (χ1v) is 9.28. The molecule has 0 atom stereocenters. The monoisotopic (exact) mass is 376 g/mol. The molecule has 0 spiro atoms. The molecule has 0 fully saturated rings. The number of carbonyl (C=O) groups excluding carboxylic acids is 1. The van der Waals surface area contributed by atoms with E-state index in [1.54, 1.807) is 26.2 Å². The van der Waals surface area contributed by atoms with Crippen molar-refractivity contribution >= 4 is 5.91 Å². The fourth-order valence-electron chi connectivity index (χ4n) is 3.20. The summed E-state index contributed by atoms with van der Waals surface area (Å²) in [6.45, 7) is 4.08. The molecule has 0 N–H and O–H groups in total. The van der Waals surface area contributed by atoms with Crippen LogP contribution in [0.15, 0.2) is 63.9 Å². The first kappa shape index (κ1) is 19.5. The van der Waals surface area contributed by atoms with Crippen LogP contribution in [0, 0.1) is 13.8 Å². The first-order valence-electron chi connectivity index (χ1n) is 9.28. The molecule has 0 aliphatic rings. The molecule has 3 rings (SSSR count). The molecule has 2 heterocycles. The van der Waals surface area contributed by atoms with Crippen molar-refractivity contribution in [3.8, 4) is 0 Å². The minimum absolute atomic E-state index is 0.0942. The highest BCUT2D eigenvalue weighted by atomic mass is 16.4. The molecule has 0 radical (unpaired) electrons. The molecule has 5 nitrogen and oxygen atoms in total. The summed E-state index contributed by atoms with van der Waals surface area (Å²) < 4.78 is 5.44. The molecule has 0 bridgehead atoms. The summed E-state index contributed by atoms with van der Waals surface area (Å²) in [7, 11) is 1.68. The zero-order valence-electron chi connectivity index (χ0n) is 16.4. The standard InChI is InChI=1S/C23H24N2O3/c1-16-13-20(10-9-18-7-5-4-6-8-18)28-23(27)21(16)22(26)25(3)15-19-11-12-24-17(2)14-19/h4-8,11-14H,9-10,15H2,1-3H3. The summed E-state index contributed by atoms with van der Waals surface area (Å²) in [6.07, 6.45) is 3.10. The Morgan fingerprint density at radius 3 is 2.46 bits per heavy atom. The molecule has 1 aromatic carbocycles. The van der Waals surface area contributed by atoms with Crippen molar-refractivity contribution in [2.24, 2.45) is 0 Å². The third kappa shape index (κ3) is 4.74. The molecule has 0 aliphatic heterocycles. The predicted octanol–water partition coefficient (Wildman–Crippen LogP) is 3.71. The van der Waals surface area contributed by atoms with E-state index in [9.17, 15) is 9.59 Å². The van der Waals surface area contributed by atoms with Crippen molar-refractivity contribution in [3.05, 3.63) is 98.9 Å². The van der Waals surface area contributed by atoms with Gasteiger partial charge in [0.15, 0.2) is 0 Å². The number of hydrogen-bond donors (Lipinski definition) is 0. The highest BCUT2D eigenvalue weighted by molar-refractivity contribution is 5.94. The normalized spacial score (nSPS) is 10.7. The van der Waals surface area contributed by atoms with Gasteiger partial charge in [-0.3, -0.25) is 9.78 Å². The Kier molecular flexibility index (Phi) is 6.04. The van der Waals surface area contributed by atoms with Crippen LogP contribution in [0.25, 0.3) is 0 Å². The van der Waals surface area contributed by atoms with Crippen LogP contribution in [0.3, 0.4) is 0 Å². The molecule has 0 aliphatic carbocycles. The van der Waals surface area contributed by atoms with E-state index in [0.717, 1.165) is 17.7 Å². The van der Waals surface area contributed by atoms with Crippen molar-refractivity contribution in [3.63, 3.8) is 0 Å². The molecule has 1 amide bonds. The SMILES string of the molecule is Cc1cc(CN(C)C(=O)c2c(C)cc(CCc3ccccc3)oc2=O)ccn1. The second-order valence-corrected chi connectivity index (χ2v) is 7.01. The van der Waals surface area contributed by atoms with Gasteiger partial charge in [-0.25, -0.2) is 4.79 Å². The second kappa shape index (κ2) is 8.65. The summed E-state index contributed by atoms with van der Waals surface area (Å²) in [6, 6.07) is 15.6. The van der Waals surface area contributed by atoms with Gasteiger partial charge < -0.3 is 9.32 Å². The number of rotatable bonds is 6. The molecule has 3 aromatic rings. The molecule has 0 unspecified atom stereocenters. The second-order valence-electron chi connectivity index (χ2n) is 7.01. The number of pyridine rings is 1. The van der Waals surface area contributed by atoms with E-state index in [1.807, 2.05) is 49.4 Å². The summed E-state index contributed by atoms with van der Waals surface area (Å²) in [5, 5.41) is 0. The third-order valence-electron chi connectivity index (χ3n) is 4.64. The zero-order chi connectivity index (χ0) is 20.1. The molecule has 5 heteroatoms. The fraction of sp³-hybridized carbons (Fsp3) is 0.261. The molecular formula is C23H24N2O3. The Morgan fingerprint density at radius 1 is 1.04 bits per heavy atom. The number of amides is 1. The van der Waals surface area contributed by atoms with Gasteiger partial charge in [-0.05, 0) is 55.2 Å². The smallest absolute Gasteiger partial charge is 0.349 e. The van der Waals surface area contributed by atoms with Gasteiger partial charge in [0.05, 0.1) is 0 Å². The first-order chi connectivity index (χ1) is 13.4. The zero-order valence-corrected chi connectivity index (χ0v) is 16.4. The van der Waals surface area contributed by atoms with Crippen LogP contribution in [-0.4, -0.2) is 22.8 Å². The van der Waals surface area contributed by atoms with E-state index >= 15 is 0 Å². The van der Waals surface area contributed by atoms with E-state index in [0.29, 0.717) is 24.3 Å². The highest BCUT2D eigenvalue weighted by Crippen LogP contribution is 2.13. The minimum atomic E-state index is -0.578. The Balaban J connectivity index is 1.74. The van der Waals surface area contributed by atoms with E-state index < -0.39 is 5.63 Å².